The summed E-state index contributed by atoms with van der Waals surface area (Å²) in [5.41, 5.74) is 0. The molecule has 0 aromatic heterocycles. The van der Waals surface area contributed by atoms with Crippen LogP contribution in [0.4, 0.5) is 0 Å². The van der Waals surface area contributed by atoms with Crippen LogP contribution in [-0.2, 0) is 19.1 Å². The predicted octanol–water partition coefficient (Wildman–Crippen LogP) is 0.481. The Kier molecular flexibility index (Phi) is 5.14. The van der Waals surface area contributed by atoms with E-state index in [9.17, 15) is 9.59 Å². The molecule has 2 N–H and O–H groups in total. The number of nitrogens with one attached hydrogen (secondary N) is 2. The molecule has 1 aliphatic carbocycles. The Morgan fingerprint density at radius 3 is 2.60 bits per heavy atom. The van der Waals surface area contributed by atoms with Crippen molar-refractivity contribution in [1.29, 1.82) is 0 Å². The van der Waals surface area contributed by atoms with Gasteiger partial charge in [-0.2, -0.15) is 0 Å². The normalized spacial score (nSPS) is 24.3. The molecule has 0 aromatic rings. The molecule has 0 bridgehead atoms. The highest BCUT2D eigenvalue weighted by molar-refractivity contribution is 6.35. The first kappa shape index (κ1) is 15.0. The largest absolute Gasteiger partial charge is 0.347 e. The van der Waals surface area contributed by atoms with Gasteiger partial charge in [0.15, 0.2) is 5.79 Å². The van der Waals surface area contributed by atoms with Crippen molar-refractivity contribution in [2.75, 3.05) is 19.7 Å². The average Bonchev–Trinajstić information content (AvgIpc) is 2.85. The number of amides is 2. The van der Waals surface area contributed by atoms with Gasteiger partial charge < -0.3 is 20.1 Å². The molecule has 112 valence electrons. The first-order chi connectivity index (χ1) is 9.65. The Morgan fingerprint density at radius 2 is 1.90 bits per heavy atom. The van der Waals surface area contributed by atoms with Gasteiger partial charge in [-0.05, 0) is 12.8 Å². The maximum atomic E-state index is 11.5. The molecule has 1 aliphatic heterocycles. The second kappa shape index (κ2) is 6.85. The Hall–Kier alpha value is -1.40. The molecular weight excluding hydrogens is 260 g/mol. The number of ether oxygens (including phenoxy) is 2. The Morgan fingerprint density at radius 1 is 1.20 bits per heavy atom. The van der Waals surface area contributed by atoms with Gasteiger partial charge in [-0.3, -0.25) is 9.59 Å². The van der Waals surface area contributed by atoms with Gasteiger partial charge in [0.1, 0.15) is 6.10 Å². The molecule has 1 spiro atoms. The van der Waals surface area contributed by atoms with Crippen LogP contribution in [0.2, 0.25) is 0 Å². The van der Waals surface area contributed by atoms with Gasteiger partial charge in [0, 0.05) is 25.9 Å². The number of hydrogen-bond donors (Lipinski definition) is 2. The zero-order valence-electron chi connectivity index (χ0n) is 11.7. The molecule has 2 rings (SSSR count). The lowest BCUT2D eigenvalue weighted by Crippen LogP contribution is -2.43. The number of carbonyl (C=O) groups excluding carboxylic acids is 2. The lowest BCUT2D eigenvalue weighted by Gasteiger charge is -2.31. The van der Waals surface area contributed by atoms with Crippen molar-refractivity contribution in [3.05, 3.63) is 12.7 Å². The molecule has 20 heavy (non-hydrogen) atoms. The van der Waals surface area contributed by atoms with Crippen LogP contribution in [0.1, 0.15) is 32.1 Å². The fraction of sp³-hybridized carbons (Fsp3) is 0.714. The lowest BCUT2D eigenvalue weighted by molar-refractivity contribution is -0.186. The standard InChI is InChI=1S/C14H22N2O4/c1-2-8-15-12(17)13(18)16-9-11-10-19-14(20-11)6-4-3-5-7-14/h2,11H,1,3-10H2,(H,15,17)(H,16,18)/t11-/m1/s1. The molecule has 1 saturated heterocycles. The van der Waals surface area contributed by atoms with Gasteiger partial charge in [-0.15, -0.1) is 6.58 Å². The summed E-state index contributed by atoms with van der Waals surface area (Å²) in [6, 6.07) is 0. The summed E-state index contributed by atoms with van der Waals surface area (Å²) in [6.07, 6.45) is 6.62. The van der Waals surface area contributed by atoms with Crippen LogP contribution in [-0.4, -0.2) is 43.4 Å². The van der Waals surface area contributed by atoms with E-state index >= 15 is 0 Å². The van der Waals surface area contributed by atoms with Crippen LogP contribution in [0.25, 0.3) is 0 Å². The summed E-state index contributed by atoms with van der Waals surface area (Å²) < 4.78 is 11.7. The average molecular weight is 282 g/mol. The first-order valence-corrected chi connectivity index (χ1v) is 7.14. The highest BCUT2D eigenvalue weighted by Gasteiger charge is 2.42. The SMILES string of the molecule is C=CCNC(=O)C(=O)NC[C@@H]1COC2(CCCCC2)O1. The maximum absolute atomic E-state index is 11.5. The van der Waals surface area contributed by atoms with Crippen LogP contribution in [0, 0.1) is 0 Å². The summed E-state index contributed by atoms with van der Waals surface area (Å²) in [5.74, 6) is -1.75. The molecule has 1 heterocycles. The summed E-state index contributed by atoms with van der Waals surface area (Å²) in [4.78, 5) is 22.9. The van der Waals surface area contributed by atoms with Gasteiger partial charge in [-0.25, -0.2) is 0 Å². The third-order valence-corrected chi connectivity index (χ3v) is 3.63. The Bertz CT molecular complexity index is 377. The van der Waals surface area contributed by atoms with Gasteiger partial charge in [0.2, 0.25) is 0 Å². The third-order valence-electron chi connectivity index (χ3n) is 3.63. The molecule has 6 heteroatoms. The van der Waals surface area contributed by atoms with E-state index in [1.54, 1.807) is 0 Å². The van der Waals surface area contributed by atoms with Crippen molar-refractivity contribution in [3.63, 3.8) is 0 Å². The second-order valence-corrected chi connectivity index (χ2v) is 5.23. The van der Waals surface area contributed by atoms with Crippen LogP contribution in [0.15, 0.2) is 12.7 Å². The Balaban J connectivity index is 1.71. The second-order valence-electron chi connectivity index (χ2n) is 5.23. The Labute approximate surface area is 118 Å². The van der Waals surface area contributed by atoms with Crippen molar-refractivity contribution in [1.82, 2.24) is 10.6 Å². The van der Waals surface area contributed by atoms with Gasteiger partial charge in [0.05, 0.1) is 6.61 Å². The number of hydrogen-bond acceptors (Lipinski definition) is 4. The van der Waals surface area contributed by atoms with E-state index in [1.807, 2.05) is 0 Å². The van der Waals surface area contributed by atoms with Crippen molar-refractivity contribution in [3.8, 4) is 0 Å². The van der Waals surface area contributed by atoms with E-state index in [-0.39, 0.29) is 12.6 Å². The zero-order chi connectivity index (χ0) is 14.4. The van der Waals surface area contributed by atoms with Crippen molar-refractivity contribution >= 4 is 11.8 Å². The summed E-state index contributed by atoms with van der Waals surface area (Å²) >= 11 is 0. The summed E-state index contributed by atoms with van der Waals surface area (Å²) in [7, 11) is 0. The molecule has 1 saturated carbocycles. The fourth-order valence-electron chi connectivity index (χ4n) is 2.60. The van der Waals surface area contributed by atoms with Crippen LogP contribution < -0.4 is 10.6 Å². The van der Waals surface area contributed by atoms with Crippen molar-refractivity contribution in [2.24, 2.45) is 0 Å². The lowest BCUT2D eigenvalue weighted by atomic mass is 9.94. The topological polar surface area (TPSA) is 76.7 Å². The van der Waals surface area contributed by atoms with E-state index in [0.717, 1.165) is 25.7 Å². The molecule has 0 radical (unpaired) electrons. The molecule has 2 fully saturated rings. The minimum absolute atomic E-state index is 0.177. The van der Waals surface area contributed by atoms with E-state index in [1.165, 1.54) is 12.5 Å². The van der Waals surface area contributed by atoms with Gasteiger partial charge in [0.25, 0.3) is 0 Å². The van der Waals surface area contributed by atoms with Crippen LogP contribution in [0.3, 0.4) is 0 Å². The predicted molar refractivity (Wildman–Crippen MR) is 72.9 cm³/mol. The molecule has 2 amide bonds. The quantitative estimate of drug-likeness (QED) is 0.581. The van der Waals surface area contributed by atoms with Crippen LogP contribution >= 0.6 is 0 Å². The molecule has 2 aliphatic rings. The van der Waals surface area contributed by atoms with Crippen molar-refractivity contribution in [2.45, 2.75) is 44.0 Å². The molecule has 0 aromatic carbocycles. The molecular formula is C14H22N2O4. The van der Waals surface area contributed by atoms with E-state index in [4.69, 9.17) is 9.47 Å². The molecule has 0 unspecified atom stereocenters. The number of carbonyl (C=O) groups is 2. The minimum Gasteiger partial charge on any atom is -0.347 e. The molecule has 1 atom stereocenters. The smallest absolute Gasteiger partial charge is 0.309 e. The highest BCUT2D eigenvalue weighted by atomic mass is 16.7. The van der Waals surface area contributed by atoms with Crippen molar-refractivity contribution < 1.29 is 19.1 Å². The third kappa shape index (κ3) is 3.80. The maximum Gasteiger partial charge on any atom is 0.309 e. The molecule has 6 nitrogen and oxygen atoms in total. The highest BCUT2D eigenvalue weighted by Crippen LogP contribution is 2.37. The zero-order valence-corrected chi connectivity index (χ0v) is 11.7. The van der Waals surface area contributed by atoms with Gasteiger partial charge >= 0.3 is 11.8 Å². The number of rotatable bonds is 4. The summed E-state index contributed by atoms with van der Waals surface area (Å²) in [6.45, 7) is 4.50. The van der Waals surface area contributed by atoms with E-state index < -0.39 is 17.6 Å². The monoisotopic (exact) mass is 282 g/mol. The van der Waals surface area contributed by atoms with E-state index in [0.29, 0.717) is 13.2 Å². The van der Waals surface area contributed by atoms with Crippen LogP contribution in [0.5, 0.6) is 0 Å². The fourth-order valence-corrected chi connectivity index (χ4v) is 2.60. The van der Waals surface area contributed by atoms with E-state index in [2.05, 4.69) is 17.2 Å². The minimum atomic E-state index is -0.656. The first-order valence-electron chi connectivity index (χ1n) is 7.14. The van der Waals surface area contributed by atoms with Gasteiger partial charge in [-0.1, -0.05) is 12.5 Å². The summed E-state index contributed by atoms with van der Waals surface area (Å²) in [5, 5.41) is 4.99.